The maximum absolute atomic E-state index is 12.0. The van der Waals surface area contributed by atoms with Crippen LogP contribution in [0.1, 0.15) is 23.7 Å². The predicted molar refractivity (Wildman–Crippen MR) is 74.2 cm³/mol. The largest absolute Gasteiger partial charge is 0.496 e. The molecule has 0 heterocycles. The van der Waals surface area contributed by atoms with Crippen LogP contribution >= 0.6 is 11.6 Å². The number of rotatable bonds is 5. The Morgan fingerprint density at radius 2 is 2.33 bits per heavy atom. The van der Waals surface area contributed by atoms with E-state index < -0.39 is 0 Å². The van der Waals surface area contributed by atoms with Crippen LogP contribution < -0.4 is 15.8 Å². The van der Waals surface area contributed by atoms with Crippen molar-refractivity contribution in [2.45, 2.75) is 19.4 Å². The van der Waals surface area contributed by atoms with Crippen molar-refractivity contribution < 1.29 is 9.53 Å². The van der Waals surface area contributed by atoms with E-state index in [0.29, 0.717) is 28.4 Å². The fourth-order valence-electron chi connectivity index (χ4n) is 1.53. The fourth-order valence-corrected chi connectivity index (χ4v) is 1.69. The molecule has 0 aliphatic heterocycles. The fraction of sp³-hybridized carbons (Fsp3) is 0.308. The van der Waals surface area contributed by atoms with Gasteiger partial charge in [0.05, 0.1) is 23.4 Å². The minimum absolute atomic E-state index is 0.00367. The van der Waals surface area contributed by atoms with Crippen LogP contribution in [0.5, 0.6) is 5.75 Å². The first-order valence-corrected chi connectivity index (χ1v) is 5.92. The summed E-state index contributed by atoms with van der Waals surface area (Å²) in [6.07, 6.45) is 2.44. The van der Waals surface area contributed by atoms with Crippen molar-refractivity contribution in [1.29, 1.82) is 0 Å². The lowest BCUT2D eigenvalue weighted by Gasteiger charge is -2.14. The smallest absolute Gasteiger partial charge is 0.255 e. The van der Waals surface area contributed by atoms with Gasteiger partial charge in [0, 0.05) is 12.1 Å². The maximum atomic E-state index is 12.0. The molecular formula is C13H17ClN2O2. The number of anilines is 1. The quantitative estimate of drug-likeness (QED) is 0.637. The van der Waals surface area contributed by atoms with Gasteiger partial charge in [-0.15, -0.1) is 6.58 Å². The molecule has 0 aliphatic carbocycles. The molecule has 0 saturated heterocycles. The van der Waals surface area contributed by atoms with Crippen LogP contribution in [0.4, 0.5) is 5.69 Å². The monoisotopic (exact) mass is 268 g/mol. The third-order valence-electron chi connectivity index (χ3n) is 2.46. The molecule has 0 fully saturated rings. The van der Waals surface area contributed by atoms with Gasteiger partial charge < -0.3 is 15.8 Å². The average Bonchev–Trinajstić information content (AvgIpc) is 2.32. The number of halogens is 1. The molecule has 1 unspecified atom stereocenters. The molecule has 0 bridgehead atoms. The molecule has 0 aliphatic rings. The second kappa shape index (κ2) is 6.31. The summed E-state index contributed by atoms with van der Waals surface area (Å²) >= 11 is 5.91. The van der Waals surface area contributed by atoms with Crippen molar-refractivity contribution in [3.63, 3.8) is 0 Å². The number of nitrogens with one attached hydrogen (secondary N) is 1. The lowest BCUT2D eigenvalue weighted by molar-refractivity contribution is 0.0937. The van der Waals surface area contributed by atoms with E-state index in [1.807, 2.05) is 6.92 Å². The number of hydrogen-bond donors (Lipinski definition) is 2. The number of methoxy groups -OCH3 is 1. The third kappa shape index (κ3) is 3.40. The minimum Gasteiger partial charge on any atom is -0.496 e. The highest BCUT2D eigenvalue weighted by atomic mass is 35.5. The molecule has 0 aromatic heterocycles. The van der Waals surface area contributed by atoms with E-state index in [1.165, 1.54) is 19.2 Å². The molecule has 1 aromatic rings. The molecule has 1 rings (SSSR count). The van der Waals surface area contributed by atoms with Gasteiger partial charge in [0.25, 0.3) is 5.91 Å². The molecular weight excluding hydrogens is 252 g/mol. The van der Waals surface area contributed by atoms with Crippen LogP contribution in [0, 0.1) is 0 Å². The molecule has 98 valence electrons. The van der Waals surface area contributed by atoms with Crippen molar-refractivity contribution in [3.8, 4) is 5.75 Å². The van der Waals surface area contributed by atoms with Gasteiger partial charge in [0.2, 0.25) is 0 Å². The average molecular weight is 269 g/mol. The van der Waals surface area contributed by atoms with E-state index in [-0.39, 0.29) is 11.9 Å². The first-order valence-electron chi connectivity index (χ1n) is 5.54. The Bertz CT molecular complexity index is 461. The lowest BCUT2D eigenvalue weighted by atomic mass is 10.1. The number of amides is 1. The van der Waals surface area contributed by atoms with Crippen molar-refractivity contribution in [2.75, 3.05) is 12.8 Å². The number of ether oxygens (including phenoxy) is 1. The Morgan fingerprint density at radius 3 is 2.89 bits per heavy atom. The zero-order chi connectivity index (χ0) is 13.7. The van der Waals surface area contributed by atoms with Crippen molar-refractivity contribution in [2.24, 2.45) is 0 Å². The molecule has 5 heteroatoms. The first-order chi connectivity index (χ1) is 8.49. The van der Waals surface area contributed by atoms with Gasteiger partial charge in [0.15, 0.2) is 0 Å². The molecule has 0 saturated carbocycles. The highest BCUT2D eigenvalue weighted by molar-refractivity contribution is 6.33. The van der Waals surface area contributed by atoms with E-state index in [9.17, 15) is 4.79 Å². The molecule has 0 spiro atoms. The van der Waals surface area contributed by atoms with Crippen LogP contribution in [0.3, 0.4) is 0 Å². The highest BCUT2D eigenvalue weighted by Crippen LogP contribution is 2.28. The Labute approximate surface area is 112 Å². The zero-order valence-corrected chi connectivity index (χ0v) is 11.3. The summed E-state index contributed by atoms with van der Waals surface area (Å²) in [5.74, 6) is 0.156. The van der Waals surface area contributed by atoms with Gasteiger partial charge >= 0.3 is 0 Å². The maximum Gasteiger partial charge on any atom is 0.255 e. The molecule has 18 heavy (non-hydrogen) atoms. The van der Waals surface area contributed by atoms with Crippen LogP contribution in [-0.4, -0.2) is 19.1 Å². The van der Waals surface area contributed by atoms with Crippen LogP contribution in [0.15, 0.2) is 24.8 Å². The number of hydrogen-bond acceptors (Lipinski definition) is 3. The first kappa shape index (κ1) is 14.4. The summed E-state index contributed by atoms with van der Waals surface area (Å²) < 4.78 is 5.12. The standard InChI is InChI=1S/C13H17ClN2O2/c1-4-5-8(2)16-13(17)9-6-10(14)11(15)7-12(9)18-3/h4,6-8H,1,5,15H2,2-3H3,(H,16,17). The van der Waals surface area contributed by atoms with Gasteiger partial charge in [-0.25, -0.2) is 0 Å². The topological polar surface area (TPSA) is 64.4 Å². The third-order valence-corrected chi connectivity index (χ3v) is 2.79. The van der Waals surface area contributed by atoms with Gasteiger partial charge in [-0.05, 0) is 19.4 Å². The number of nitrogens with two attached hydrogens (primary N) is 1. The summed E-state index contributed by atoms with van der Waals surface area (Å²) in [7, 11) is 1.48. The van der Waals surface area contributed by atoms with Crippen molar-refractivity contribution in [3.05, 3.63) is 35.4 Å². The van der Waals surface area contributed by atoms with E-state index in [0.717, 1.165) is 0 Å². The Morgan fingerprint density at radius 1 is 1.67 bits per heavy atom. The summed E-state index contributed by atoms with van der Waals surface area (Å²) in [5.41, 5.74) is 6.40. The Kier molecular flexibility index (Phi) is 5.04. The summed E-state index contributed by atoms with van der Waals surface area (Å²) in [6, 6.07) is 3.04. The van der Waals surface area contributed by atoms with Crippen molar-refractivity contribution in [1.82, 2.24) is 5.32 Å². The van der Waals surface area contributed by atoms with Crippen molar-refractivity contribution >= 4 is 23.2 Å². The van der Waals surface area contributed by atoms with E-state index in [2.05, 4.69) is 11.9 Å². The molecule has 3 N–H and O–H groups in total. The molecule has 1 amide bonds. The minimum atomic E-state index is -0.247. The van der Waals surface area contributed by atoms with Gasteiger partial charge in [-0.3, -0.25) is 4.79 Å². The van der Waals surface area contributed by atoms with Gasteiger partial charge in [-0.2, -0.15) is 0 Å². The van der Waals surface area contributed by atoms with Gasteiger partial charge in [-0.1, -0.05) is 17.7 Å². The van der Waals surface area contributed by atoms with E-state index in [4.69, 9.17) is 22.1 Å². The Hall–Kier alpha value is -1.68. The number of nitrogen functional groups attached to an aromatic ring is 1. The second-order valence-corrected chi connectivity index (χ2v) is 4.38. The van der Waals surface area contributed by atoms with Crippen LogP contribution in [0.25, 0.3) is 0 Å². The zero-order valence-electron chi connectivity index (χ0n) is 10.5. The van der Waals surface area contributed by atoms with Gasteiger partial charge in [0.1, 0.15) is 5.75 Å². The number of benzene rings is 1. The SMILES string of the molecule is C=CCC(C)NC(=O)c1cc(Cl)c(N)cc1OC. The highest BCUT2D eigenvalue weighted by Gasteiger charge is 2.16. The lowest BCUT2D eigenvalue weighted by Crippen LogP contribution is -2.32. The molecule has 1 atom stereocenters. The normalized spacial score (nSPS) is 11.7. The van der Waals surface area contributed by atoms with Crippen LogP contribution in [-0.2, 0) is 0 Å². The molecule has 0 radical (unpaired) electrons. The molecule has 4 nitrogen and oxygen atoms in total. The molecule has 1 aromatic carbocycles. The summed E-state index contributed by atoms with van der Waals surface area (Å²) in [5, 5.41) is 3.16. The van der Waals surface area contributed by atoms with Crippen LogP contribution in [0.2, 0.25) is 5.02 Å². The second-order valence-electron chi connectivity index (χ2n) is 3.97. The number of carbonyl (C=O) groups is 1. The Balaban J connectivity index is 2.97. The summed E-state index contributed by atoms with van der Waals surface area (Å²) in [4.78, 5) is 12.0. The van der Waals surface area contributed by atoms with E-state index >= 15 is 0 Å². The summed E-state index contributed by atoms with van der Waals surface area (Å²) in [6.45, 7) is 5.52. The predicted octanol–water partition coefficient (Wildman–Crippen LogP) is 2.63. The number of carbonyl (C=O) groups excluding carboxylic acids is 1. The van der Waals surface area contributed by atoms with E-state index in [1.54, 1.807) is 6.08 Å².